The van der Waals surface area contributed by atoms with Gasteiger partial charge in [0.05, 0.1) is 22.7 Å². The van der Waals surface area contributed by atoms with Crippen molar-refractivity contribution in [3.05, 3.63) is 112 Å². The van der Waals surface area contributed by atoms with Gasteiger partial charge in [0.25, 0.3) is 0 Å². The number of hydrogen-bond donors (Lipinski definition) is 2. The summed E-state index contributed by atoms with van der Waals surface area (Å²) in [5.74, 6) is -0.648. The van der Waals surface area contributed by atoms with Crippen LogP contribution in [0.4, 0.5) is 5.69 Å². The molecule has 0 saturated heterocycles. The molecule has 3 aromatic carbocycles. The second-order valence-corrected chi connectivity index (χ2v) is 9.01. The molecular weight excluding hydrogens is 446 g/mol. The van der Waals surface area contributed by atoms with Crippen molar-refractivity contribution in [2.24, 2.45) is 0 Å². The lowest BCUT2D eigenvalue weighted by atomic mass is 9.83. The van der Waals surface area contributed by atoms with E-state index in [1.165, 1.54) is 17.3 Å². The molecule has 1 amide bonds. The van der Waals surface area contributed by atoms with E-state index in [1.807, 2.05) is 25.1 Å². The maximum absolute atomic E-state index is 13.1. The maximum Gasteiger partial charge on any atom is 0.234 e. The second-order valence-electron chi connectivity index (χ2n) is 8.04. The first-order chi connectivity index (χ1) is 16.5. The zero-order valence-electron chi connectivity index (χ0n) is 18.4. The van der Waals surface area contributed by atoms with Gasteiger partial charge >= 0.3 is 0 Å². The van der Waals surface area contributed by atoms with Gasteiger partial charge in [-0.15, -0.1) is 0 Å². The van der Waals surface area contributed by atoms with Gasteiger partial charge in [0.1, 0.15) is 0 Å². The summed E-state index contributed by atoms with van der Waals surface area (Å²) in [5.41, 5.74) is 4.70. The number of thioether (sulfide) groups is 1. The number of carbonyl (C=O) groups excluding carboxylic acids is 3. The van der Waals surface area contributed by atoms with Gasteiger partial charge < -0.3 is 10.3 Å². The monoisotopic (exact) mass is 467 g/mol. The number of aromatic nitrogens is 2. The Balaban J connectivity index is 1.29. The minimum Gasteiger partial charge on any atom is -0.337 e. The highest BCUT2D eigenvalue weighted by Gasteiger charge is 2.31. The van der Waals surface area contributed by atoms with Crippen LogP contribution in [-0.2, 0) is 11.2 Å². The normalized spacial score (nSPS) is 12.3. The summed E-state index contributed by atoms with van der Waals surface area (Å²) in [6.07, 6.45) is 0.712. The van der Waals surface area contributed by atoms with Crippen molar-refractivity contribution in [3.63, 3.8) is 0 Å². The molecule has 1 aliphatic carbocycles. The zero-order valence-corrected chi connectivity index (χ0v) is 19.2. The number of rotatable bonds is 6. The molecule has 0 radical (unpaired) electrons. The molecule has 0 aliphatic heterocycles. The number of H-pyrrole nitrogens is 1. The Bertz CT molecular complexity index is 1430. The average molecular weight is 468 g/mol. The van der Waals surface area contributed by atoms with Gasteiger partial charge in [-0.3, -0.25) is 14.4 Å². The molecule has 4 aromatic rings. The lowest BCUT2D eigenvalue weighted by molar-refractivity contribution is -0.113. The van der Waals surface area contributed by atoms with Crippen molar-refractivity contribution in [2.75, 3.05) is 11.1 Å². The summed E-state index contributed by atoms with van der Waals surface area (Å²) < 4.78 is 0. The van der Waals surface area contributed by atoms with Gasteiger partial charge in [-0.25, -0.2) is 4.98 Å². The average Bonchev–Trinajstić information content (AvgIpc) is 3.20. The van der Waals surface area contributed by atoms with E-state index >= 15 is 0 Å². The number of amides is 1. The lowest BCUT2D eigenvalue weighted by Crippen LogP contribution is -2.24. The molecule has 0 bridgehead atoms. The van der Waals surface area contributed by atoms with Crippen LogP contribution >= 0.6 is 11.8 Å². The summed E-state index contributed by atoms with van der Waals surface area (Å²) in [6.45, 7) is 1.96. The highest BCUT2D eigenvalue weighted by Crippen LogP contribution is 2.32. The number of aromatic amines is 1. The molecule has 1 aromatic heterocycles. The number of nitrogens with one attached hydrogen (secondary N) is 2. The van der Waals surface area contributed by atoms with Crippen LogP contribution < -0.4 is 5.32 Å². The third-order valence-corrected chi connectivity index (χ3v) is 6.62. The Kier molecular flexibility index (Phi) is 5.86. The quantitative estimate of drug-likeness (QED) is 0.350. The molecule has 0 unspecified atom stereocenters. The van der Waals surface area contributed by atoms with E-state index in [9.17, 15) is 14.4 Å². The van der Waals surface area contributed by atoms with E-state index < -0.39 is 0 Å². The number of hydrogen-bond acceptors (Lipinski definition) is 5. The van der Waals surface area contributed by atoms with Crippen LogP contribution in [0.2, 0.25) is 0 Å². The van der Waals surface area contributed by atoms with Crippen LogP contribution in [0, 0.1) is 6.92 Å². The maximum atomic E-state index is 13.1. The molecule has 2 N–H and O–H groups in total. The van der Waals surface area contributed by atoms with Gasteiger partial charge in [0.2, 0.25) is 5.91 Å². The van der Waals surface area contributed by atoms with Gasteiger partial charge in [-0.05, 0) is 18.6 Å². The van der Waals surface area contributed by atoms with Crippen molar-refractivity contribution in [3.8, 4) is 0 Å². The fourth-order valence-electron chi connectivity index (χ4n) is 4.07. The van der Waals surface area contributed by atoms with E-state index in [0.29, 0.717) is 34.0 Å². The number of ketones is 2. The largest absolute Gasteiger partial charge is 0.337 e. The number of nitrogens with zero attached hydrogens (tertiary/aromatic N) is 1. The number of carbonyl (C=O) groups is 3. The molecule has 0 atom stereocenters. The first kappa shape index (κ1) is 21.9. The van der Waals surface area contributed by atoms with E-state index in [1.54, 1.807) is 42.5 Å². The Morgan fingerprint density at radius 3 is 2.32 bits per heavy atom. The zero-order chi connectivity index (χ0) is 23.7. The van der Waals surface area contributed by atoms with Crippen LogP contribution in [0.1, 0.15) is 48.8 Å². The van der Waals surface area contributed by atoms with Crippen LogP contribution in [0.15, 0.2) is 78.0 Å². The first-order valence-electron chi connectivity index (χ1n) is 10.8. The number of benzene rings is 3. The fourth-order valence-corrected chi connectivity index (χ4v) is 4.81. The summed E-state index contributed by atoms with van der Waals surface area (Å²) in [5, 5.41) is 3.47. The Morgan fingerprint density at radius 1 is 0.882 bits per heavy atom. The van der Waals surface area contributed by atoms with Crippen LogP contribution in [-0.4, -0.2) is 33.2 Å². The third-order valence-electron chi connectivity index (χ3n) is 5.74. The topological polar surface area (TPSA) is 91.9 Å². The molecule has 0 saturated carbocycles. The predicted molar refractivity (Wildman–Crippen MR) is 132 cm³/mol. The molecule has 7 heteroatoms. The highest BCUT2D eigenvalue weighted by molar-refractivity contribution is 7.99. The first-order valence-corrected chi connectivity index (χ1v) is 11.8. The third kappa shape index (κ3) is 4.18. The van der Waals surface area contributed by atoms with Crippen molar-refractivity contribution in [2.45, 2.75) is 18.5 Å². The van der Waals surface area contributed by atoms with Crippen molar-refractivity contribution in [1.82, 2.24) is 9.97 Å². The lowest BCUT2D eigenvalue weighted by Gasteiger charge is -2.20. The van der Waals surface area contributed by atoms with Gasteiger partial charge in [-0.2, -0.15) is 0 Å². The SMILES string of the molecule is Cc1[nH]c(SCC(=O)Nc2cccc3c2C(=O)c2ccccc2C3=O)nc1Cc1ccccc1. The summed E-state index contributed by atoms with van der Waals surface area (Å²) in [4.78, 5) is 46.6. The van der Waals surface area contributed by atoms with E-state index in [4.69, 9.17) is 0 Å². The van der Waals surface area contributed by atoms with E-state index in [-0.39, 0.29) is 28.8 Å². The highest BCUT2D eigenvalue weighted by atomic mass is 32.2. The standard InChI is InChI=1S/C27H21N3O3S/c1-16-22(14-17-8-3-2-4-9-17)30-27(28-16)34-15-23(31)29-21-13-7-12-20-24(21)26(33)19-11-6-5-10-18(19)25(20)32/h2-13H,14-15H2,1H3,(H,28,30)(H,29,31). The Morgan fingerprint density at radius 2 is 1.56 bits per heavy atom. The van der Waals surface area contributed by atoms with Crippen molar-refractivity contribution >= 4 is 34.9 Å². The number of fused-ring (bicyclic) bond motifs is 2. The second kappa shape index (κ2) is 9.11. The van der Waals surface area contributed by atoms with E-state index in [0.717, 1.165) is 11.4 Å². The summed E-state index contributed by atoms with van der Waals surface area (Å²) >= 11 is 1.29. The van der Waals surface area contributed by atoms with Crippen LogP contribution in [0.3, 0.4) is 0 Å². The number of aryl methyl sites for hydroxylation is 1. The molecule has 5 rings (SSSR count). The minimum atomic E-state index is -0.281. The predicted octanol–water partition coefficient (Wildman–Crippen LogP) is 4.82. The molecule has 0 spiro atoms. The Hall–Kier alpha value is -3.97. The van der Waals surface area contributed by atoms with Crippen LogP contribution in [0.5, 0.6) is 0 Å². The summed E-state index contributed by atoms with van der Waals surface area (Å²) in [6, 6.07) is 21.8. The van der Waals surface area contributed by atoms with Crippen molar-refractivity contribution < 1.29 is 14.4 Å². The van der Waals surface area contributed by atoms with Gasteiger partial charge in [-0.1, -0.05) is 78.5 Å². The van der Waals surface area contributed by atoms with Crippen molar-refractivity contribution in [1.29, 1.82) is 0 Å². The van der Waals surface area contributed by atoms with E-state index in [2.05, 4.69) is 27.4 Å². The molecule has 168 valence electrons. The Labute approximate surface area is 200 Å². The molecule has 1 heterocycles. The summed E-state index contributed by atoms with van der Waals surface area (Å²) in [7, 11) is 0. The number of anilines is 1. The minimum absolute atomic E-state index is 0.111. The molecule has 0 fully saturated rings. The molecular formula is C27H21N3O3S. The number of imidazole rings is 1. The fraction of sp³-hybridized carbons (Fsp3) is 0.111. The molecule has 6 nitrogen and oxygen atoms in total. The van der Waals surface area contributed by atoms with Crippen LogP contribution in [0.25, 0.3) is 0 Å². The molecule has 1 aliphatic rings. The molecule has 34 heavy (non-hydrogen) atoms. The smallest absolute Gasteiger partial charge is 0.234 e. The van der Waals surface area contributed by atoms with Gasteiger partial charge in [0, 0.05) is 28.8 Å². The van der Waals surface area contributed by atoms with Gasteiger partial charge in [0.15, 0.2) is 16.7 Å².